The molecular formula is C17H24N4O4. The largest absolute Gasteiger partial charge is 0.480 e. The first kappa shape index (κ1) is 19.1. The van der Waals surface area contributed by atoms with E-state index in [2.05, 4.69) is 15.3 Å². The number of nitrogens with one attached hydrogen (secondary N) is 2. The van der Waals surface area contributed by atoms with Crippen molar-refractivity contribution in [1.82, 2.24) is 20.2 Å². The molecule has 0 aliphatic heterocycles. The number of carboxylic acid groups (broad SMARTS) is 1. The van der Waals surface area contributed by atoms with Gasteiger partial charge in [-0.25, -0.2) is 4.98 Å². The number of H-pyrrole nitrogens is 1. The number of aliphatic carboxylic acids is 1. The summed E-state index contributed by atoms with van der Waals surface area (Å²) in [5, 5.41) is 31.7. The van der Waals surface area contributed by atoms with E-state index in [1.54, 1.807) is 17.4 Å². The van der Waals surface area contributed by atoms with Crippen LogP contribution in [0.1, 0.15) is 11.3 Å². The fourth-order valence-corrected chi connectivity index (χ4v) is 2.63. The van der Waals surface area contributed by atoms with E-state index in [1.165, 1.54) is 0 Å². The predicted octanol–water partition coefficient (Wildman–Crippen LogP) is -0.192. The van der Waals surface area contributed by atoms with Crippen LogP contribution in [-0.4, -0.2) is 68.1 Å². The summed E-state index contributed by atoms with van der Waals surface area (Å²) in [7, 11) is 0. The molecule has 0 aliphatic carbocycles. The molecule has 0 saturated heterocycles. The molecule has 1 aromatic heterocycles. The van der Waals surface area contributed by atoms with Crippen molar-refractivity contribution in [2.75, 3.05) is 19.7 Å². The van der Waals surface area contributed by atoms with Gasteiger partial charge in [0.15, 0.2) is 0 Å². The van der Waals surface area contributed by atoms with Gasteiger partial charge in [0.25, 0.3) is 0 Å². The van der Waals surface area contributed by atoms with E-state index < -0.39 is 12.2 Å². The molecule has 2 atom stereocenters. The van der Waals surface area contributed by atoms with E-state index in [1.807, 2.05) is 30.3 Å². The van der Waals surface area contributed by atoms with Crippen LogP contribution in [0.2, 0.25) is 0 Å². The quantitative estimate of drug-likeness (QED) is 0.357. The first-order chi connectivity index (χ1) is 12.1. The van der Waals surface area contributed by atoms with E-state index in [-0.39, 0.29) is 25.7 Å². The van der Waals surface area contributed by atoms with Crippen molar-refractivity contribution in [2.45, 2.75) is 25.2 Å². The van der Waals surface area contributed by atoms with Crippen LogP contribution in [0.5, 0.6) is 0 Å². The molecular weight excluding hydrogens is 324 g/mol. The van der Waals surface area contributed by atoms with Crippen molar-refractivity contribution in [3.05, 3.63) is 54.1 Å². The van der Waals surface area contributed by atoms with Gasteiger partial charge in [0, 0.05) is 37.4 Å². The molecule has 5 N–H and O–H groups in total. The Bertz CT molecular complexity index is 621. The number of imidazole rings is 1. The van der Waals surface area contributed by atoms with E-state index in [9.17, 15) is 15.0 Å². The van der Waals surface area contributed by atoms with E-state index in [0.717, 1.165) is 11.3 Å². The normalized spacial score (nSPS) is 13.7. The van der Waals surface area contributed by atoms with Crippen LogP contribution in [0.3, 0.4) is 0 Å². The van der Waals surface area contributed by atoms with Gasteiger partial charge >= 0.3 is 5.97 Å². The fourth-order valence-electron chi connectivity index (χ4n) is 2.63. The minimum absolute atomic E-state index is 0.126. The molecule has 1 unspecified atom stereocenters. The molecule has 8 heteroatoms. The number of hydrogen-bond acceptors (Lipinski definition) is 6. The maximum absolute atomic E-state index is 11.1. The van der Waals surface area contributed by atoms with Gasteiger partial charge in [0.2, 0.25) is 0 Å². The van der Waals surface area contributed by atoms with Crippen LogP contribution in [-0.2, 0) is 17.8 Å². The van der Waals surface area contributed by atoms with E-state index in [4.69, 9.17) is 5.11 Å². The van der Waals surface area contributed by atoms with Crippen LogP contribution >= 0.6 is 0 Å². The highest BCUT2D eigenvalue weighted by Crippen LogP contribution is 2.06. The number of aliphatic hydroxyl groups is 2. The second-order valence-corrected chi connectivity index (χ2v) is 5.89. The first-order valence-electron chi connectivity index (χ1n) is 8.07. The number of carboxylic acids is 1. The van der Waals surface area contributed by atoms with Crippen LogP contribution in [0.4, 0.5) is 0 Å². The van der Waals surface area contributed by atoms with Crippen molar-refractivity contribution in [1.29, 1.82) is 0 Å². The van der Waals surface area contributed by atoms with Crippen molar-refractivity contribution < 1.29 is 20.1 Å². The summed E-state index contributed by atoms with van der Waals surface area (Å²) >= 11 is 0. The molecule has 8 nitrogen and oxygen atoms in total. The maximum atomic E-state index is 11.1. The molecule has 2 aromatic rings. The number of aliphatic hydroxyl groups excluding tert-OH is 2. The van der Waals surface area contributed by atoms with Crippen LogP contribution in [0.25, 0.3) is 0 Å². The molecule has 0 spiro atoms. The van der Waals surface area contributed by atoms with Crippen molar-refractivity contribution in [3.8, 4) is 0 Å². The van der Waals surface area contributed by atoms with Crippen LogP contribution in [0.15, 0.2) is 42.9 Å². The third kappa shape index (κ3) is 7.02. The van der Waals surface area contributed by atoms with Gasteiger partial charge in [-0.2, -0.15) is 0 Å². The lowest BCUT2D eigenvalue weighted by Crippen LogP contribution is -2.48. The SMILES string of the molecule is O=C(O)CN(Cc1ccccc1)CC(O)N[C@H](CO)Cc1cnc[nH]1. The summed E-state index contributed by atoms with van der Waals surface area (Å²) in [5.41, 5.74) is 1.80. The fraction of sp³-hybridized carbons (Fsp3) is 0.412. The molecule has 1 heterocycles. The summed E-state index contributed by atoms with van der Waals surface area (Å²) in [5.74, 6) is -0.959. The molecule has 136 valence electrons. The maximum Gasteiger partial charge on any atom is 0.317 e. The number of hydrogen-bond donors (Lipinski definition) is 5. The monoisotopic (exact) mass is 348 g/mol. The third-order valence-electron chi connectivity index (χ3n) is 3.71. The lowest BCUT2D eigenvalue weighted by Gasteiger charge is -2.26. The van der Waals surface area contributed by atoms with Crippen molar-refractivity contribution in [3.63, 3.8) is 0 Å². The van der Waals surface area contributed by atoms with Gasteiger partial charge in [-0.3, -0.25) is 15.0 Å². The van der Waals surface area contributed by atoms with Gasteiger partial charge in [-0.15, -0.1) is 0 Å². The molecule has 0 saturated carbocycles. The molecule has 0 radical (unpaired) electrons. The number of benzene rings is 1. The van der Waals surface area contributed by atoms with Gasteiger partial charge in [-0.1, -0.05) is 30.3 Å². The number of rotatable bonds is 11. The summed E-state index contributed by atoms with van der Waals surface area (Å²) in [6.45, 7) is 0.197. The second kappa shape index (κ2) is 9.90. The zero-order valence-corrected chi connectivity index (χ0v) is 13.9. The van der Waals surface area contributed by atoms with Crippen molar-refractivity contribution in [2.24, 2.45) is 0 Å². The number of aromatic nitrogens is 2. The van der Waals surface area contributed by atoms with Crippen LogP contribution in [0, 0.1) is 0 Å². The Hall–Kier alpha value is -2.26. The lowest BCUT2D eigenvalue weighted by atomic mass is 10.1. The summed E-state index contributed by atoms with van der Waals surface area (Å²) in [6.07, 6.45) is 2.71. The Labute approximate surface area is 146 Å². The van der Waals surface area contributed by atoms with Crippen LogP contribution < -0.4 is 5.32 Å². The highest BCUT2D eigenvalue weighted by atomic mass is 16.4. The van der Waals surface area contributed by atoms with E-state index >= 15 is 0 Å². The summed E-state index contributed by atoms with van der Waals surface area (Å²) < 4.78 is 0. The summed E-state index contributed by atoms with van der Waals surface area (Å²) in [4.78, 5) is 19.6. The Morgan fingerprint density at radius 2 is 2.08 bits per heavy atom. The minimum atomic E-state index is -0.969. The number of aromatic amines is 1. The molecule has 25 heavy (non-hydrogen) atoms. The van der Waals surface area contributed by atoms with Gasteiger partial charge in [-0.05, 0) is 5.56 Å². The average Bonchev–Trinajstić information content (AvgIpc) is 3.07. The zero-order valence-electron chi connectivity index (χ0n) is 13.9. The average molecular weight is 348 g/mol. The zero-order chi connectivity index (χ0) is 18.1. The van der Waals surface area contributed by atoms with Gasteiger partial charge < -0.3 is 20.3 Å². The molecule has 0 bridgehead atoms. The molecule has 0 amide bonds. The van der Waals surface area contributed by atoms with Gasteiger partial charge in [0.05, 0.1) is 19.5 Å². The topological polar surface area (TPSA) is 122 Å². The second-order valence-electron chi connectivity index (χ2n) is 5.89. The van der Waals surface area contributed by atoms with Crippen molar-refractivity contribution >= 4 is 5.97 Å². The predicted molar refractivity (Wildman–Crippen MR) is 91.7 cm³/mol. The smallest absolute Gasteiger partial charge is 0.317 e. The van der Waals surface area contributed by atoms with E-state index in [0.29, 0.717) is 13.0 Å². The molecule has 1 aromatic carbocycles. The molecule has 0 fully saturated rings. The number of carbonyl (C=O) groups is 1. The minimum Gasteiger partial charge on any atom is -0.480 e. The Kier molecular flexibility index (Phi) is 7.55. The Morgan fingerprint density at radius 1 is 1.32 bits per heavy atom. The Balaban J connectivity index is 1.90. The first-order valence-corrected chi connectivity index (χ1v) is 8.07. The molecule has 2 rings (SSSR count). The molecule has 0 aliphatic rings. The highest BCUT2D eigenvalue weighted by Gasteiger charge is 2.18. The standard InChI is InChI=1S/C17H24N4O4/c22-11-15(6-14-7-18-12-19-14)20-16(23)9-21(10-17(24)25)8-13-4-2-1-3-5-13/h1-5,7,12,15-16,20,22-23H,6,8-11H2,(H,18,19)(H,24,25)/t15-,16?/m0/s1. The Morgan fingerprint density at radius 3 is 2.68 bits per heavy atom. The summed E-state index contributed by atoms with van der Waals surface area (Å²) in [6, 6.07) is 9.11. The highest BCUT2D eigenvalue weighted by molar-refractivity contribution is 5.69. The lowest BCUT2D eigenvalue weighted by molar-refractivity contribution is -0.138. The third-order valence-corrected chi connectivity index (χ3v) is 3.71. The van der Waals surface area contributed by atoms with Gasteiger partial charge in [0.1, 0.15) is 6.23 Å². The number of nitrogens with zero attached hydrogens (tertiary/aromatic N) is 2.